The maximum absolute atomic E-state index is 5.96. The molecule has 2 aromatic rings. The standard InChI is InChI=1S/C13H18ClN3/c1-10-4-5-12-11(8-10)15-13(9-14)17(12)7-6-16(2)3/h4-5,8H,6-7,9H2,1-3H3. The molecule has 0 aliphatic heterocycles. The molecule has 0 unspecified atom stereocenters. The van der Waals surface area contributed by atoms with E-state index in [0.717, 1.165) is 24.4 Å². The number of benzene rings is 1. The van der Waals surface area contributed by atoms with Gasteiger partial charge in [-0.25, -0.2) is 4.98 Å². The SMILES string of the molecule is Cc1ccc2c(c1)nc(CCl)n2CCN(C)C. The molecule has 3 nitrogen and oxygen atoms in total. The summed E-state index contributed by atoms with van der Waals surface area (Å²) in [5.41, 5.74) is 3.45. The Morgan fingerprint density at radius 3 is 2.76 bits per heavy atom. The van der Waals surface area contributed by atoms with E-state index in [1.54, 1.807) is 0 Å². The average molecular weight is 252 g/mol. The molecule has 0 atom stereocenters. The third-order valence-corrected chi connectivity index (χ3v) is 3.11. The first-order valence-corrected chi connectivity index (χ1v) is 6.31. The molecule has 0 aliphatic rings. The van der Waals surface area contributed by atoms with E-state index in [1.165, 1.54) is 11.1 Å². The number of hydrogen-bond donors (Lipinski definition) is 0. The van der Waals surface area contributed by atoms with Crippen LogP contribution < -0.4 is 0 Å². The molecule has 1 heterocycles. The fraction of sp³-hybridized carbons (Fsp3) is 0.462. The zero-order valence-electron chi connectivity index (χ0n) is 10.6. The topological polar surface area (TPSA) is 21.1 Å². The number of alkyl halides is 1. The summed E-state index contributed by atoms with van der Waals surface area (Å²) in [5, 5.41) is 0. The Hall–Kier alpha value is -1.06. The van der Waals surface area contributed by atoms with Crippen LogP contribution in [0.2, 0.25) is 0 Å². The van der Waals surface area contributed by atoms with Gasteiger partial charge in [-0.1, -0.05) is 6.07 Å². The monoisotopic (exact) mass is 251 g/mol. The molecule has 0 N–H and O–H groups in total. The van der Waals surface area contributed by atoms with Crippen molar-refractivity contribution in [1.82, 2.24) is 14.5 Å². The Kier molecular flexibility index (Phi) is 3.69. The molecule has 0 spiro atoms. The quantitative estimate of drug-likeness (QED) is 0.779. The van der Waals surface area contributed by atoms with E-state index in [-0.39, 0.29) is 0 Å². The Bertz CT molecular complexity index is 517. The second-order valence-electron chi connectivity index (χ2n) is 4.61. The molecule has 0 amide bonds. The van der Waals surface area contributed by atoms with Gasteiger partial charge in [0.2, 0.25) is 0 Å². The van der Waals surface area contributed by atoms with Gasteiger partial charge >= 0.3 is 0 Å². The summed E-state index contributed by atoms with van der Waals surface area (Å²) in [6.45, 7) is 4.00. The smallest absolute Gasteiger partial charge is 0.124 e. The summed E-state index contributed by atoms with van der Waals surface area (Å²) in [6.07, 6.45) is 0. The normalized spacial score (nSPS) is 11.6. The van der Waals surface area contributed by atoms with Gasteiger partial charge in [-0.2, -0.15) is 0 Å². The van der Waals surface area contributed by atoms with Crippen LogP contribution in [-0.4, -0.2) is 35.1 Å². The Morgan fingerprint density at radius 2 is 2.12 bits per heavy atom. The minimum Gasteiger partial charge on any atom is -0.326 e. The van der Waals surface area contributed by atoms with Gasteiger partial charge in [0.05, 0.1) is 16.9 Å². The van der Waals surface area contributed by atoms with Crippen molar-refractivity contribution < 1.29 is 0 Å². The van der Waals surface area contributed by atoms with E-state index in [1.807, 2.05) is 0 Å². The molecule has 0 saturated heterocycles. The lowest BCUT2D eigenvalue weighted by atomic mass is 10.2. The van der Waals surface area contributed by atoms with Crippen LogP contribution in [0.15, 0.2) is 18.2 Å². The highest BCUT2D eigenvalue weighted by Crippen LogP contribution is 2.18. The van der Waals surface area contributed by atoms with Gasteiger partial charge in [-0.05, 0) is 38.7 Å². The number of halogens is 1. The van der Waals surface area contributed by atoms with Gasteiger partial charge < -0.3 is 9.47 Å². The number of nitrogens with zero attached hydrogens (tertiary/aromatic N) is 3. The molecular weight excluding hydrogens is 234 g/mol. The number of aryl methyl sites for hydroxylation is 1. The number of imidazole rings is 1. The highest BCUT2D eigenvalue weighted by Gasteiger charge is 2.09. The third-order valence-electron chi connectivity index (χ3n) is 2.87. The molecule has 2 rings (SSSR count). The molecule has 1 aromatic carbocycles. The van der Waals surface area contributed by atoms with E-state index in [0.29, 0.717) is 5.88 Å². The van der Waals surface area contributed by atoms with Crippen molar-refractivity contribution in [2.75, 3.05) is 20.6 Å². The van der Waals surface area contributed by atoms with Crippen LogP contribution >= 0.6 is 11.6 Å². The molecule has 0 bridgehead atoms. The van der Waals surface area contributed by atoms with Gasteiger partial charge in [0.25, 0.3) is 0 Å². The van der Waals surface area contributed by atoms with E-state index >= 15 is 0 Å². The van der Waals surface area contributed by atoms with Crippen LogP contribution in [0.1, 0.15) is 11.4 Å². The zero-order chi connectivity index (χ0) is 12.4. The Labute approximate surface area is 107 Å². The first-order valence-electron chi connectivity index (χ1n) is 5.78. The molecule has 0 aliphatic carbocycles. The molecule has 92 valence electrons. The van der Waals surface area contributed by atoms with Gasteiger partial charge in [0, 0.05) is 13.1 Å². The fourth-order valence-electron chi connectivity index (χ4n) is 1.94. The maximum Gasteiger partial charge on any atom is 0.124 e. The minimum absolute atomic E-state index is 0.459. The first kappa shape index (κ1) is 12.4. The first-order chi connectivity index (χ1) is 8.11. The van der Waals surface area contributed by atoms with Crippen molar-refractivity contribution in [3.63, 3.8) is 0 Å². The largest absolute Gasteiger partial charge is 0.326 e. The Morgan fingerprint density at radius 1 is 1.35 bits per heavy atom. The second-order valence-corrected chi connectivity index (χ2v) is 4.88. The van der Waals surface area contributed by atoms with E-state index in [4.69, 9.17) is 11.6 Å². The molecule has 0 radical (unpaired) electrons. The van der Waals surface area contributed by atoms with Crippen LogP contribution in [-0.2, 0) is 12.4 Å². The van der Waals surface area contributed by atoms with Crippen LogP contribution in [0, 0.1) is 6.92 Å². The summed E-state index contributed by atoms with van der Waals surface area (Å²) in [5.74, 6) is 1.41. The van der Waals surface area contributed by atoms with Crippen molar-refractivity contribution in [2.24, 2.45) is 0 Å². The molecule has 0 saturated carbocycles. The summed E-state index contributed by atoms with van der Waals surface area (Å²) in [7, 11) is 4.15. The molecular formula is C13H18ClN3. The predicted molar refractivity (Wildman–Crippen MR) is 72.6 cm³/mol. The van der Waals surface area contributed by atoms with Gasteiger partial charge in [0.15, 0.2) is 0 Å². The average Bonchev–Trinajstić information content (AvgIpc) is 2.63. The number of aromatic nitrogens is 2. The maximum atomic E-state index is 5.96. The number of fused-ring (bicyclic) bond motifs is 1. The second kappa shape index (κ2) is 5.07. The number of likely N-dealkylation sites (N-methyl/N-ethyl adjacent to an activating group) is 1. The summed E-state index contributed by atoms with van der Waals surface area (Å²) < 4.78 is 2.21. The zero-order valence-corrected chi connectivity index (χ0v) is 11.3. The van der Waals surface area contributed by atoms with Crippen molar-refractivity contribution in [1.29, 1.82) is 0 Å². The highest BCUT2D eigenvalue weighted by molar-refractivity contribution is 6.16. The van der Waals surface area contributed by atoms with Crippen molar-refractivity contribution in [2.45, 2.75) is 19.3 Å². The van der Waals surface area contributed by atoms with E-state index in [9.17, 15) is 0 Å². The summed E-state index contributed by atoms with van der Waals surface area (Å²) in [4.78, 5) is 6.75. The lowest BCUT2D eigenvalue weighted by Gasteiger charge is -2.12. The van der Waals surface area contributed by atoms with Crippen molar-refractivity contribution in [3.05, 3.63) is 29.6 Å². The van der Waals surface area contributed by atoms with E-state index < -0.39 is 0 Å². The molecule has 4 heteroatoms. The molecule has 0 fully saturated rings. The number of rotatable bonds is 4. The van der Waals surface area contributed by atoms with Crippen LogP contribution in [0.3, 0.4) is 0 Å². The predicted octanol–water partition coefficient (Wildman–Crippen LogP) is 2.65. The van der Waals surface area contributed by atoms with Crippen LogP contribution in [0.5, 0.6) is 0 Å². The van der Waals surface area contributed by atoms with Crippen LogP contribution in [0.25, 0.3) is 11.0 Å². The van der Waals surface area contributed by atoms with Crippen LogP contribution in [0.4, 0.5) is 0 Å². The van der Waals surface area contributed by atoms with Crippen molar-refractivity contribution >= 4 is 22.6 Å². The highest BCUT2D eigenvalue weighted by atomic mass is 35.5. The summed E-state index contributed by atoms with van der Waals surface area (Å²) >= 11 is 5.96. The molecule has 17 heavy (non-hydrogen) atoms. The lowest BCUT2D eigenvalue weighted by Crippen LogP contribution is -2.19. The number of hydrogen-bond acceptors (Lipinski definition) is 2. The minimum atomic E-state index is 0.459. The summed E-state index contributed by atoms with van der Waals surface area (Å²) in [6, 6.07) is 6.36. The lowest BCUT2D eigenvalue weighted by molar-refractivity contribution is 0.384. The van der Waals surface area contributed by atoms with Crippen molar-refractivity contribution in [3.8, 4) is 0 Å². The Balaban J connectivity index is 2.43. The van der Waals surface area contributed by atoms with E-state index in [2.05, 4.69) is 53.7 Å². The molecule has 1 aromatic heterocycles. The van der Waals surface area contributed by atoms with Gasteiger partial charge in [-0.3, -0.25) is 0 Å². The van der Waals surface area contributed by atoms with Gasteiger partial charge in [-0.15, -0.1) is 11.6 Å². The third kappa shape index (κ3) is 2.61. The van der Waals surface area contributed by atoms with Gasteiger partial charge in [0.1, 0.15) is 5.82 Å². The fourth-order valence-corrected chi connectivity index (χ4v) is 2.15.